The minimum atomic E-state index is -0.376. The highest BCUT2D eigenvalue weighted by molar-refractivity contribution is 5.90. The van der Waals surface area contributed by atoms with Crippen molar-refractivity contribution in [2.45, 2.75) is 0 Å². The van der Waals surface area contributed by atoms with E-state index in [0.29, 0.717) is 17.0 Å². The fraction of sp³-hybridized carbons (Fsp3) is 0.0455. The first-order valence-electron chi connectivity index (χ1n) is 8.65. The fourth-order valence-electron chi connectivity index (χ4n) is 2.85. The smallest absolute Gasteiger partial charge is 0.337 e. The van der Waals surface area contributed by atoms with Gasteiger partial charge in [-0.1, -0.05) is 24.3 Å². The molecule has 0 atom stereocenters. The first-order chi connectivity index (χ1) is 13.8. The predicted molar refractivity (Wildman–Crippen MR) is 105 cm³/mol. The topological polar surface area (TPSA) is 77.9 Å². The summed E-state index contributed by atoms with van der Waals surface area (Å²) in [5.74, 6) is -0.376. The molecule has 6 nitrogen and oxygen atoms in total. The fourth-order valence-corrected chi connectivity index (χ4v) is 2.85. The maximum absolute atomic E-state index is 11.7. The second-order valence-electron chi connectivity index (χ2n) is 5.99. The van der Waals surface area contributed by atoms with Crippen LogP contribution in [0.5, 0.6) is 0 Å². The Bertz CT molecular complexity index is 1100. The minimum Gasteiger partial charge on any atom is -0.465 e. The van der Waals surface area contributed by atoms with Crippen molar-refractivity contribution in [3.8, 4) is 33.9 Å². The number of pyridine rings is 2. The van der Waals surface area contributed by atoms with E-state index in [9.17, 15) is 4.79 Å². The molecule has 0 aliphatic carbocycles. The van der Waals surface area contributed by atoms with Crippen LogP contribution in [0.2, 0.25) is 0 Å². The number of hydrogen-bond donors (Lipinski definition) is 0. The zero-order chi connectivity index (χ0) is 19.3. The summed E-state index contributed by atoms with van der Waals surface area (Å²) in [7, 11) is 1.36. The molecule has 3 aromatic heterocycles. The molecule has 6 heteroatoms. The predicted octanol–water partition coefficient (Wildman–Crippen LogP) is 4.05. The second-order valence-corrected chi connectivity index (χ2v) is 5.99. The van der Waals surface area contributed by atoms with Crippen molar-refractivity contribution in [2.24, 2.45) is 0 Å². The summed E-state index contributed by atoms with van der Waals surface area (Å²) in [5, 5.41) is 8.78. The van der Waals surface area contributed by atoms with Crippen molar-refractivity contribution >= 4 is 5.97 Å². The molecule has 0 saturated heterocycles. The standard InChI is InChI=1S/C22H16N4O2/c1-28-22(27)16-10-8-15(9-11-16)17-14-20(18-6-2-4-12-23-18)25-26-21(17)19-7-3-5-13-24-19/h2-14H,1H3. The Kier molecular flexibility index (Phi) is 4.84. The zero-order valence-corrected chi connectivity index (χ0v) is 15.1. The van der Waals surface area contributed by atoms with E-state index in [1.54, 1.807) is 24.5 Å². The van der Waals surface area contributed by atoms with Crippen LogP contribution in [-0.4, -0.2) is 33.2 Å². The van der Waals surface area contributed by atoms with Crippen LogP contribution in [0.25, 0.3) is 33.9 Å². The quantitative estimate of drug-likeness (QED) is 0.506. The molecule has 0 fully saturated rings. The summed E-state index contributed by atoms with van der Waals surface area (Å²) < 4.78 is 4.77. The van der Waals surface area contributed by atoms with Gasteiger partial charge in [0.1, 0.15) is 11.4 Å². The average molecular weight is 368 g/mol. The van der Waals surface area contributed by atoms with Gasteiger partial charge in [-0.2, -0.15) is 0 Å². The van der Waals surface area contributed by atoms with Crippen molar-refractivity contribution in [2.75, 3.05) is 7.11 Å². The summed E-state index contributed by atoms with van der Waals surface area (Å²) in [6, 6.07) is 20.4. The van der Waals surface area contributed by atoms with E-state index in [1.165, 1.54) is 7.11 Å². The second kappa shape index (κ2) is 7.75. The molecule has 3 heterocycles. The van der Waals surface area contributed by atoms with E-state index in [4.69, 9.17) is 4.74 Å². The number of aromatic nitrogens is 4. The Hall–Kier alpha value is -3.93. The van der Waals surface area contributed by atoms with E-state index < -0.39 is 0 Å². The molecule has 0 aliphatic rings. The number of carbonyl (C=O) groups is 1. The van der Waals surface area contributed by atoms with Crippen molar-refractivity contribution in [1.82, 2.24) is 20.2 Å². The maximum atomic E-state index is 11.7. The van der Waals surface area contributed by atoms with Gasteiger partial charge >= 0.3 is 5.97 Å². The summed E-state index contributed by atoms with van der Waals surface area (Å²) >= 11 is 0. The molecule has 1 aromatic carbocycles. The maximum Gasteiger partial charge on any atom is 0.337 e. The Morgan fingerprint density at radius 1 is 0.786 bits per heavy atom. The lowest BCUT2D eigenvalue weighted by molar-refractivity contribution is 0.0601. The number of carbonyl (C=O) groups excluding carboxylic acids is 1. The summed E-state index contributed by atoms with van der Waals surface area (Å²) in [4.78, 5) is 20.5. The largest absolute Gasteiger partial charge is 0.465 e. The third-order valence-corrected chi connectivity index (χ3v) is 4.25. The van der Waals surface area contributed by atoms with E-state index in [1.807, 2.05) is 54.6 Å². The molecular weight excluding hydrogens is 352 g/mol. The molecule has 0 amide bonds. The summed E-state index contributed by atoms with van der Waals surface area (Å²) in [6.45, 7) is 0. The Balaban J connectivity index is 1.86. The van der Waals surface area contributed by atoms with Gasteiger partial charge in [0, 0.05) is 18.0 Å². The highest BCUT2D eigenvalue weighted by Gasteiger charge is 2.15. The van der Waals surface area contributed by atoms with Crippen LogP contribution in [-0.2, 0) is 4.74 Å². The number of benzene rings is 1. The molecule has 0 saturated carbocycles. The van der Waals surface area contributed by atoms with Gasteiger partial charge in [0.2, 0.25) is 0 Å². The monoisotopic (exact) mass is 368 g/mol. The van der Waals surface area contributed by atoms with Crippen molar-refractivity contribution in [1.29, 1.82) is 0 Å². The van der Waals surface area contributed by atoms with Crippen LogP contribution in [0.15, 0.2) is 79.1 Å². The van der Waals surface area contributed by atoms with Crippen LogP contribution >= 0.6 is 0 Å². The van der Waals surface area contributed by atoms with Gasteiger partial charge in [0.25, 0.3) is 0 Å². The number of ether oxygens (including phenoxy) is 1. The van der Waals surface area contributed by atoms with Gasteiger partial charge < -0.3 is 4.74 Å². The van der Waals surface area contributed by atoms with Gasteiger partial charge in [-0.05, 0) is 48.0 Å². The van der Waals surface area contributed by atoms with Gasteiger partial charge in [0.05, 0.1) is 24.1 Å². The zero-order valence-electron chi connectivity index (χ0n) is 15.1. The van der Waals surface area contributed by atoms with Gasteiger partial charge in [-0.3, -0.25) is 9.97 Å². The molecule has 0 spiro atoms. The first-order valence-corrected chi connectivity index (χ1v) is 8.65. The van der Waals surface area contributed by atoms with Gasteiger partial charge in [-0.25, -0.2) is 4.79 Å². The molecule has 136 valence electrons. The van der Waals surface area contributed by atoms with Crippen LogP contribution in [0.4, 0.5) is 0 Å². The molecule has 0 bridgehead atoms. The molecule has 0 aliphatic heterocycles. The number of hydrogen-bond acceptors (Lipinski definition) is 6. The Morgan fingerprint density at radius 3 is 2.07 bits per heavy atom. The summed E-state index contributed by atoms with van der Waals surface area (Å²) in [5.41, 5.74) is 4.99. The van der Waals surface area contributed by atoms with E-state index in [-0.39, 0.29) is 5.97 Å². The molecule has 28 heavy (non-hydrogen) atoms. The molecule has 0 N–H and O–H groups in total. The molecule has 4 rings (SSSR count). The van der Waals surface area contributed by atoms with Gasteiger partial charge in [-0.15, -0.1) is 10.2 Å². The van der Waals surface area contributed by atoms with Crippen LogP contribution in [0.3, 0.4) is 0 Å². The third-order valence-electron chi connectivity index (χ3n) is 4.25. The normalized spacial score (nSPS) is 10.5. The SMILES string of the molecule is COC(=O)c1ccc(-c2cc(-c3ccccn3)nnc2-c2ccccn2)cc1. The van der Waals surface area contributed by atoms with E-state index >= 15 is 0 Å². The first kappa shape index (κ1) is 17.5. The Labute approximate surface area is 161 Å². The number of rotatable bonds is 4. The van der Waals surface area contributed by atoms with Crippen molar-refractivity contribution in [3.63, 3.8) is 0 Å². The van der Waals surface area contributed by atoms with E-state index in [0.717, 1.165) is 22.5 Å². The highest BCUT2D eigenvalue weighted by atomic mass is 16.5. The van der Waals surface area contributed by atoms with Crippen LogP contribution in [0.1, 0.15) is 10.4 Å². The van der Waals surface area contributed by atoms with Crippen molar-refractivity contribution < 1.29 is 9.53 Å². The van der Waals surface area contributed by atoms with Crippen molar-refractivity contribution in [3.05, 3.63) is 84.7 Å². The lowest BCUT2D eigenvalue weighted by atomic mass is 10.00. The van der Waals surface area contributed by atoms with Gasteiger partial charge in [0.15, 0.2) is 0 Å². The number of nitrogens with zero attached hydrogens (tertiary/aromatic N) is 4. The molecule has 0 unspecified atom stereocenters. The summed E-state index contributed by atoms with van der Waals surface area (Å²) in [6.07, 6.45) is 3.43. The third kappa shape index (κ3) is 3.48. The number of methoxy groups -OCH3 is 1. The minimum absolute atomic E-state index is 0.376. The van der Waals surface area contributed by atoms with E-state index in [2.05, 4.69) is 20.2 Å². The Morgan fingerprint density at radius 2 is 1.46 bits per heavy atom. The highest BCUT2D eigenvalue weighted by Crippen LogP contribution is 2.31. The molecule has 4 aromatic rings. The lowest BCUT2D eigenvalue weighted by Gasteiger charge is -2.10. The van der Waals surface area contributed by atoms with Crippen LogP contribution < -0.4 is 0 Å². The molecular formula is C22H16N4O2. The average Bonchev–Trinajstić information content (AvgIpc) is 2.79. The molecule has 0 radical (unpaired) electrons. The number of esters is 1. The lowest BCUT2D eigenvalue weighted by Crippen LogP contribution is -2.01. The van der Waals surface area contributed by atoms with Crippen LogP contribution in [0, 0.1) is 0 Å².